The number of carbonyl (C=O) groups is 1. The largest absolute Gasteiger partial charge is 0.481 e. The summed E-state index contributed by atoms with van der Waals surface area (Å²) < 4.78 is 0. The number of pyridine rings is 1. The number of rotatable bonds is 3. The van der Waals surface area contributed by atoms with Crippen LogP contribution >= 0.6 is 11.3 Å². The molecule has 0 unspecified atom stereocenters. The summed E-state index contributed by atoms with van der Waals surface area (Å²) in [7, 11) is 0. The lowest BCUT2D eigenvalue weighted by molar-refractivity contribution is -0.136. The SMILES string of the molecule is Cc1cccc(-c2c(CC(=O)O)c(C)nc3sc4c(c23)CCCC4)c1. The number of aliphatic carboxylic acids is 1. The summed E-state index contributed by atoms with van der Waals surface area (Å²) in [6.45, 7) is 4.02. The average Bonchev–Trinajstić information content (AvgIpc) is 2.93. The van der Waals surface area contributed by atoms with E-state index < -0.39 is 5.97 Å². The molecule has 1 aromatic carbocycles. The van der Waals surface area contributed by atoms with E-state index >= 15 is 0 Å². The third kappa shape index (κ3) is 2.85. The molecule has 0 aliphatic heterocycles. The monoisotopic (exact) mass is 351 g/mol. The summed E-state index contributed by atoms with van der Waals surface area (Å²) in [5, 5.41) is 10.7. The highest BCUT2D eigenvalue weighted by atomic mass is 32.1. The lowest BCUT2D eigenvalue weighted by Crippen LogP contribution is -2.07. The minimum absolute atomic E-state index is 0.0165. The van der Waals surface area contributed by atoms with E-state index in [1.54, 1.807) is 11.3 Å². The van der Waals surface area contributed by atoms with E-state index in [2.05, 4.69) is 31.2 Å². The molecule has 0 radical (unpaired) electrons. The van der Waals surface area contributed by atoms with Crippen LogP contribution in [0, 0.1) is 13.8 Å². The highest BCUT2D eigenvalue weighted by Gasteiger charge is 2.24. The van der Waals surface area contributed by atoms with Gasteiger partial charge in [0, 0.05) is 16.0 Å². The van der Waals surface area contributed by atoms with Crippen molar-refractivity contribution in [3.63, 3.8) is 0 Å². The highest BCUT2D eigenvalue weighted by molar-refractivity contribution is 7.19. The van der Waals surface area contributed by atoms with Crippen LogP contribution in [0.2, 0.25) is 0 Å². The zero-order valence-electron chi connectivity index (χ0n) is 14.6. The van der Waals surface area contributed by atoms with Crippen LogP contribution < -0.4 is 0 Å². The minimum atomic E-state index is -0.803. The van der Waals surface area contributed by atoms with Gasteiger partial charge < -0.3 is 5.11 Å². The number of hydrogen-bond donors (Lipinski definition) is 1. The van der Waals surface area contributed by atoms with E-state index in [1.807, 2.05) is 6.92 Å². The summed E-state index contributed by atoms with van der Waals surface area (Å²) in [4.78, 5) is 18.8. The van der Waals surface area contributed by atoms with Crippen molar-refractivity contribution in [2.75, 3.05) is 0 Å². The predicted molar refractivity (Wildman–Crippen MR) is 103 cm³/mol. The molecule has 0 amide bonds. The van der Waals surface area contributed by atoms with Crippen molar-refractivity contribution in [3.8, 4) is 11.1 Å². The number of benzene rings is 1. The molecule has 4 heteroatoms. The van der Waals surface area contributed by atoms with Gasteiger partial charge in [0.25, 0.3) is 0 Å². The average molecular weight is 351 g/mol. The molecule has 2 heterocycles. The summed E-state index contributed by atoms with van der Waals surface area (Å²) in [5.74, 6) is -0.803. The van der Waals surface area contributed by atoms with Crippen LogP contribution in [0.15, 0.2) is 24.3 Å². The van der Waals surface area contributed by atoms with Crippen molar-refractivity contribution in [2.24, 2.45) is 0 Å². The number of thiophene rings is 1. The molecule has 0 atom stereocenters. The van der Waals surface area contributed by atoms with E-state index in [1.165, 1.54) is 34.2 Å². The Bertz CT molecular complexity index is 987. The van der Waals surface area contributed by atoms with E-state index in [9.17, 15) is 9.90 Å². The Morgan fingerprint density at radius 2 is 2.04 bits per heavy atom. The number of carboxylic acids is 1. The number of aromatic nitrogens is 1. The van der Waals surface area contributed by atoms with Crippen molar-refractivity contribution in [2.45, 2.75) is 46.0 Å². The third-order valence-electron chi connectivity index (χ3n) is 5.05. The second-order valence-electron chi connectivity index (χ2n) is 6.88. The Balaban J connectivity index is 2.10. The fourth-order valence-electron chi connectivity index (χ4n) is 3.93. The van der Waals surface area contributed by atoms with Crippen LogP contribution in [0.25, 0.3) is 21.3 Å². The zero-order valence-corrected chi connectivity index (χ0v) is 15.4. The fraction of sp³-hybridized carbons (Fsp3) is 0.333. The van der Waals surface area contributed by atoms with Crippen LogP contribution in [0.1, 0.15) is 40.1 Å². The first kappa shape index (κ1) is 16.3. The van der Waals surface area contributed by atoms with Gasteiger partial charge in [0.15, 0.2) is 0 Å². The van der Waals surface area contributed by atoms with Gasteiger partial charge in [-0.1, -0.05) is 29.8 Å². The predicted octanol–water partition coefficient (Wildman–Crippen LogP) is 5.09. The molecule has 0 spiro atoms. The Kier molecular flexibility index (Phi) is 4.08. The maximum absolute atomic E-state index is 11.5. The lowest BCUT2D eigenvalue weighted by Gasteiger charge is -2.16. The summed E-state index contributed by atoms with van der Waals surface area (Å²) in [6.07, 6.45) is 4.65. The molecule has 4 rings (SSSR count). The first-order valence-corrected chi connectivity index (χ1v) is 9.59. The second-order valence-corrected chi connectivity index (χ2v) is 7.97. The van der Waals surface area contributed by atoms with Gasteiger partial charge in [0.1, 0.15) is 4.83 Å². The van der Waals surface area contributed by atoms with Gasteiger partial charge in [-0.2, -0.15) is 0 Å². The molecular weight excluding hydrogens is 330 g/mol. The molecule has 3 aromatic rings. The molecular formula is C21H21NO2S. The van der Waals surface area contributed by atoms with Crippen LogP contribution in [0.3, 0.4) is 0 Å². The highest BCUT2D eigenvalue weighted by Crippen LogP contribution is 2.43. The molecule has 0 fully saturated rings. The third-order valence-corrected chi connectivity index (χ3v) is 6.23. The van der Waals surface area contributed by atoms with E-state index in [0.717, 1.165) is 40.1 Å². The summed E-state index contributed by atoms with van der Waals surface area (Å²) in [6, 6.07) is 8.39. The molecule has 0 saturated carbocycles. The van der Waals surface area contributed by atoms with Crippen molar-refractivity contribution in [1.29, 1.82) is 0 Å². The van der Waals surface area contributed by atoms with E-state index in [4.69, 9.17) is 4.98 Å². The molecule has 1 aliphatic carbocycles. The molecule has 128 valence electrons. The van der Waals surface area contributed by atoms with Gasteiger partial charge in [-0.3, -0.25) is 4.79 Å². The zero-order chi connectivity index (χ0) is 17.6. The lowest BCUT2D eigenvalue weighted by atomic mass is 9.88. The van der Waals surface area contributed by atoms with Crippen LogP contribution in [0.4, 0.5) is 0 Å². The second kappa shape index (κ2) is 6.26. The normalized spacial score (nSPS) is 13.8. The molecule has 0 saturated heterocycles. The van der Waals surface area contributed by atoms with Crippen molar-refractivity contribution in [3.05, 3.63) is 51.5 Å². The topological polar surface area (TPSA) is 50.2 Å². The van der Waals surface area contributed by atoms with Crippen LogP contribution in [-0.4, -0.2) is 16.1 Å². The first-order chi connectivity index (χ1) is 12.0. The van der Waals surface area contributed by atoms with Crippen LogP contribution in [0.5, 0.6) is 0 Å². The van der Waals surface area contributed by atoms with Gasteiger partial charge in [-0.15, -0.1) is 11.3 Å². The van der Waals surface area contributed by atoms with E-state index in [-0.39, 0.29) is 6.42 Å². The molecule has 0 bridgehead atoms. The smallest absolute Gasteiger partial charge is 0.307 e. The van der Waals surface area contributed by atoms with Gasteiger partial charge in [0.2, 0.25) is 0 Å². The van der Waals surface area contributed by atoms with Gasteiger partial charge in [0.05, 0.1) is 6.42 Å². The number of fused-ring (bicyclic) bond motifs is 3. The standard InChI is InChI=1S/C21H21NO2S/c1-12-6-5-7-14(10-12)19-16(11-18(23)24)13(2)22-21-20(19)15-8-3-4-9-17(15)25-21/h5-7,10H,3-4,8-9,11H2,1-2H3,(H,23,24). The summed E-state index contributed by atoms with van der Waals surface area (Å²) in [5.41, 5.74) is 6.49. The maximum atomic E-state index is 11.5. The van der Waals surface area contributed by atoms with Crippen LogP contribution in [-0.2, 0) is 24.1 Å². The molecule has 1 aliphatic rings. The molecule has 25 heavy (non-hydrogen) atoms. The van der Waals surface area contributed by atoms with Gasteiger partial charge >= 0.3 is 5.97 Å². The Labute approximate surface area is 151 Å². The quantitative estimate of drug-likeness (QED) is 0.715. The maximum Gasteiger partial charge on any atom is 0.307 e. The summed E-state index contributed by atoms with van der Waals surface area (Å²) >= 11 is 1.80. The van der Waals surface area contributed by atoms with E-state index in [0.29, 0.717) is 0 Å². The number of aryl methyl sites for hydroxylation is 4. The molecule has 1 N–H and O–H groups in total. The molecule has 2 aromatic heterocycles. The van der Waals surface area contributed by atoms with Gasteiger partial charge in [-0.25, -0.2) is 4.98 Å². The van der Waals surface area contributed by atoms with Gasteiger partial charge in [-0.05, 0) is 61.8 Å². The number of nitrogens with zero attached hydrogens (tertiary/aromatic N) is 1. The number of carboxylic acid groups (broad SMARTS) is 1. The number of hydrogen-bond acceptors (Lipinski definition) is 3. The minimum Gasteiger partial charge on any atom is -0.481 e. The Hall–Kier alpha value is -2.20. The first-order valence-electron chi connectivity index (χ1n) is 8.77. The fourth-order valence-corrected chi connectivity index (χ4v) is 5.24. The van der Waals surface area contributed by atoms with Crippen molar-refractivity contribution in [1.82, 2.24) is 4.98 Å². The van der Waals surface area contributed by atoms with Crippen molar-refractivity contribution < 1.29 is 9.90 Å². The van der Waals surface area contributed by atoms with Crippen molar-refractivity contribution >= 4 is 27.5 Å². The molecule has 3 nitrogen and oxygen atoms in total. The Morgan fingerprint density at radius 1 is 1.24 bits per heavy atom. The Morgan fingerprint density at radius 3 is 2.80 bits per heavy atom.